The molecule has 1 amide bonds. The number of halogens is 1. The van der Waals surface area contributed by atoms with Gasteiger partial charge in [-0.3, -0.25) is 4.79 Å². The van der Waals surface area contributed by atoms with Crippen molar-refractivity contribution in [1.82, 2.24) is 5.32 Å². The lowest BCUT2D eigenvalue weighted by molar-refractivity contribution is -0.120. The molecule has 17 heavy (non-hydrogen) atoms. The smallest absolute Gasteiger partial charge is 0.224 e. The summed E-state index contributed by atoms with van der Waals surface area (Å²) in [7, 11) is 0. The van der Waals surface area contributed by atoms with E-state index in [0.717, 1.165) is 12.0 Å². The monoisotopic (exact) mass is 347 g/mol. The largest absolute Gasteiger partial charge is 0.396 e. The van der Waals surface area contributed by atoms with Crippen LogP contribution in [0.4, 0.5) is 0 Å². The zero-order valence-electron chi connectivity index (χ0n) is 9.95. The van der Waals surface area contributed by atoms with E-state index in [-0.39, 0.29) is 12.5 Å². The molecule has 0 aliphatic rings. The number of benzene rings is 1. The third kappa shape index (κ3) is 6.02. The predicted octanol–water partition coefficient (Wildman–Crippen LogP) is 1.97. The van der Waals surface area contributed by atoms with Crippen molar-refractivity contribution in [2.24, 2.45) is 5.92 Å². The number of amides is 1. The molecule has 3 nitrogen and oxygen atoms in total. The second-order valence-electron chi connectivity index (χ2n) is 4.22. The van der Waals surface area contributed by atoms with E-state index in [4.69, 9.17) is 5.11 Å². The Morgan fingerprint density at radius 2 is 2.06 bits per heavy atom. The molecule has 94 valence electrons. The van der Waals surface area contributed by atoms with E-state index in [0.29, 0.717) is 18.9 Å². The lowest BCUT2D eigenvalue weighted by Gasteiger charge is -2.11. The Morgan fingerprint density at radius 1 is 1.41 bits per heavy atom. The molecule has 0 spiro atoms. The van der Waals surface area contributed by atoms with Crippen LogP contribution in [0.15, 0.2) is 24.3 Å². The fourth-order valence-corrected chi connectivity index (χ4v) is 1.82. The molecule has 0 saturated heterocycles. The number of carbonyl (C=O) groups is 1. The summed E-state index contributed by atoms with van der Waals surface area (Å²) in [6.45, 7) is 2.82. The minimum Gasteiger partial charge on any atom is -0.396 e. The third-order valence-corrected chi connectivity index (χ3v) is 3.27. The number of hydrogen-bond donors (Lipinski definition) is 2. The molecule has 2 N–H and O–H groups in total. The zero-order valence-corrected chi connectivity index (χ0v) is 12.1. The first-order valence-electron chi connectivity index (χ1n) is 5.74. The van der Waals surface area contributed by atoms with Crippen molar-refractivity contribution in [1.29, 1.82) is 0 Å². The van der Waals surface area contributed by atoms with E-state index >= 15 is 0 Å². The number of aliphatic hydroxyl groups excluding tert-OH is 1. The van der Waals surface area contributed by atoms with Gasteiger partial charge >= 0.3 is 0 Å². The standard InChI is InChI=1S/C13H18INO2/c1-10(6-7-16)9-15-13(17)8-11-2-4-12(14)5-3-11/h2-5,10,16H,6-9H2,1H3,(H,15,17)/t10-/m1/s1. The van der Waals surface area contributed by atoms with Gasteiger partial charge in [0.05, 0.1) is 6.42 Å². The highest BCUT2D eigenvalue weighted by Crippen LogP contribution is 2.07. The van der Waals surface area contributed by atoms with Gasteiger partial charge in [0, 0.05) is 16.7 Å². The highest BCUT2D eigenvalue weighted by Gasteiger charge is 2.06. The average molecular weight is 347 g/mol. The zero-order chi connectivity index (χ0) is 12.7. The van der Waals surface area contributed by atoms with Crippen LogP contribution in [0.2, 0.25) is 0 Å². The van der Waals surface area contributed by atoms with Crippen molar-refractivity contribution in [2.45, 2.75) is 19.8 Å². The van der Waals surface area contributed by atoms with Crippen molar-refractivity contribution in [2.75, 3.05) is 13.2 Å². The molecule has 4 heteroatoms. The summed E-state index contributed by atoms with van der Waals surface area (Å²) in [5.41, 5.74) is 1.03. The minimum absolute atomic E-state index is 0.0380. The quantitative estimate of drug-likeness (QED) is 0.773. The van der Waals surface area contributed by atoms with Gasteiger partial charge in [-0.15, -0.1) is 0 Å². The van der Waals surface area contributed by atoms with Gasteiger partial charge in [-0.1, -0.05) is 19.1 Å². The molecule has 1 atom stereocenters. The molecule has 0 bridgehead atoms. The normalized spacial score (nSPS) is 12.2. The SMILES string of the molecule is C[C@H](CCO)CNC(=O)Cc1ccc(I)cc1. The lowest BCUT2D eigenvalue weighted by atomic mass is 10.1. The Balaban J connectivity index is 2.32. The van der Waals surface area contributed by atoms with Crippen LogP contribution in [-0.4, -0.2) is 24.2 Å². The Morgan fingerprint density at radius 3 is 2.65 bits per heavy atom. The Bertz CT molecular complexity index is 351. The van der Waals surface area contributed by atoms with Gasteiger partial charge in [-0.25, -0.2) is 0 Å². The number of aliphatic hydroxyl groups is 1. The Kier molecular flexibility index (Phi) is 6.50. The Hall–Kier alpha value is -0.620. The molecule has 0 aliphatic carbocycles. The molecule has 0 unspecified atom stereocenters. The summed E-state index contributed by atoms with van der Waals surface area (Å²) >= 11 is 2.24. The second-order valence-corrected chi connectivity index (χ2v) is 5.47. The number of hydrogen-bond acceptors (Lipinski definition) is 2. The van der Waals surface area contributed by atoms with Crippen LogP contribution in [0.3, 0.4) is 0 Å². The van der Waals surface area contributed by atoms with Crippen molar-refractivity contribution in [3.05, 3.63) is 33.4 Å². The van der Waals surface area contributed by atoms with Gasteiger partial charge in [0.2, 0.25) is 5.91 Å². The number of rotatable bonds is 6. The lowest BCUT2D eigenvalue weighted by Crippen LogP contribution is -2.29. The van der Waals surface area contributed by atoms with Crippen LogP contribution in [0.25, 0.3) is 0 Å². The molecular weight excluding hydrogens is 329 g/mol. The van der Waals surface area contributed by atoms with Gasteiger partial charge in [0.25, 0.3) is 0 Å². The van der Waals surface area contributed by atoms with Crippen LogP contribution >= 0.6 is 22.6 Å². The molecule has 0 radical (unpaired) electrons. The van der Waals surface area contributed by atoms with Crippen molar-refractivity contribution in [3.8, 4) is 0 Å². The first kappa shape index (κ1) is 14.4. The molecular formula is C13H18INO2. The first-order valence-corrected chi connectivity index (χ1v) is 6.81. The van der Waals surface area contributed by atoms with Gasteiger partial charge in [-0.2, -0.15) is 0 Å². The average Bonchev–Trinajstić information content (AvgIpc) is 2.30. The van der Waals surface area contributed by atoms with Crippen LogP contribution in [0.1, 0.15) is 18.9 Å². The summed E-state index contributed by atoms with van der Waals surface area (Å²) in [5.74, 6) is 0.358. The van der Waals surface area contributed by atoms with Crippen molar-refractivity contribution >= 4 is 28.5 Å². The number of carbonyl (C=O) groups excluding carboxylic acids is 1. The maximum atomic E-state index is 11.6. The molecule has 0 heterocycles. The first-order chi connectivity index (χ1) is 8.11. The summed E-state index contributed by atoms with van der Waals surface area (Å²) in [6, 6.07) is 7.94. The van der Waals surface area contributed by atoms with Gasteiger partial charge in [0.1, 0.15) is 0 Å². The summed E-state index contributed by atoms with van der Waals surface area (Å²) in [4.78, 5) is 11.6. The van der Waals surface area contributed by atoms with E-state index in [1.807, 2.05) is 31.2 Å². The van der Waals surface area contributed by atoms with Gasteiger partial charge < -0.3 is 10.4 Å². The van der Waals surface area contributed by atoms with Crippen molar-refractivity contribution in [3.63, 3.8) is 0 Å². The molecule has 1 aromatic rings. The van der Waals surface area contributed by atoms with E-state index < -0.39 is 0 Å². The minimum atomic E-state index is 0.0380. The molecule has 1 rings (SSSR count). The molecule has 0 aliphatic heterocycles. The maximum absolute atomic E-state index is 11.6. The predicted molar refractivity (Wildman–Crippen MR) is 76.7 cm³/mol. The van der Waals surface area contributed by atoms with Gasteiger partial charge in [0.15, 0.2) is 0 Å². The summed E-state index contributed by atoms with van der Waals surface area (Å²) in [5, 5.41) is 11.6. The number of nitrogens with one attached hydrogen (secondary N) is 1. The van der Waals surface area contributed by atoms with E-state index in [1.54, 1.807) is 0 Å². The maximum Gasteiger partial charge on any atom is 0.224 e. The Labute approximate surface area is 116 Å². The fraction of sp³-hybridized carbons (Fsp3) is 0.462. The summed E-state index contributed by atoms with van der Waals surface area (Å²) < 4.78 is 1.17. The van der Waals surface area contributed by atoms with Crippen LogP contribution in [0, 0.1) is 9.49 Å². The summed E-state index contributed by atoms with van der Waals surface area (Å²) in [6.07, 6.45) is 1.15. The van der Waals surface area contributed by atoms with Crippen LogP contribution < -0.4 is 5.32 Å². The molecule has 0 aromatic heterocycles. The van der Waals surface area contributed by atoms with Gasteiger partial charge in [-0.05, 0) is 52.6 Å². The van der Waals surface area contributed by atoms with Crippen LogP contribution in [-0.2, 0) is 11.2 Å². The van der Waals surface area contributed by atoms with Crippen molar-refractivity contribution < 1.29 is 9.90 Å². The fourth-order valence-electron chi connectivity index (χ4n) is 1.46. The topological polar surface area (TPSA) is 49.3 Å². The second kappa shape index (κ2) is 7.66. The molecule has 0 fully saturated rings. The van der Waals surface area contributed by atoms with E-state index in [9.17, 15) is 4.79 Å². The van der Waals surface area contributed by atoms with E-state index in [2.05, 4.69) is 27.9 Å². The van der Waals surface area contributed by atoms with E-state index in [1.165, 1.54) is 3.57 Å². The van der Waals surface area contributed by atoms with Crippen LogP contribution in [0.5, 0.6) is 0 Å². The highest BCUT2D eigenvalue weighted by molar-refractivity contribution is 14.1. The third-order valence-electron chi connectivity index (χ3n) is 2.55. The molecule has 1 aromatic carbocycles. The highest BCUT2D eigenvalue weighted by atomic mass is 127. The molecule has 0 saturated carbocycles.